The number of benzene rings is 2. The van der Waals surface area contributed by atoms with E-state index in [-0.39, 0.29) is 6.04 Å². The van der Waals surface area contributed by atoms with Gasteiger partial charge in [-0.15, -0.1) is 0 Å². The average Bonchev–Trinajstić information content (AvgIpc) is 3.24. The summed E-state index contributed by atoms with van der Waals surface area (Å²) in [5.41, 5.74) is 4.15. The molecule has 0 saturated carbocycles. The van der Waals surface area contributed by atoms with E-state index in [1.54, 1.807) is 18.2 Å². The molecule has 2 aliphatic rings. The molecule has 0 aliphatic carbocycles. The second kappa shape index (κ2) is 10.8. The van der Waals surface area contributed by atoms with Crippen molar-refractivity contribution in [2.45, 2.75) is 12.5 Å². The van der Waals surface area contributed by atoms with Crippen LogP contribution in [-0.2, 0) is 20.7 Å². The predicted molar refractivity (Wildman–Crippen MR) is 130 cm³/mol. The molecule has 0 radical (unpaired) electrons. The Kier molecular flexibility index (Phi) is 7.54. The van der Waals surface area contributed by atoms with Crippen molar-refractivity contribution in [3.05, 3.63) is 47.5 Å². The minimum absolute atomic E-state index is 0.0436. The largest absolute Gasteiger partial charge is 0.493 e. The highest BCUT2D eigenvalue weighted by Crippen LogP contribution is 2.32. The number of amides is 2. The molecule has 0 spiro atoms. The molecule has 2 aromatic rings. The number of hydrogen-bond acceptors (Lipinski definition) is 7. The zero-order chi connectivity index (χ0) is 24.1. The predicted octanol–water partition coefficient (Wildman–Crippen LogP) is 1.82. The lowest BCUT2D eigenvalue weighted by atomic mass is 10.0. The van der Waals surface area contributed by atoms with Gasteiger partial charge in [0.15, 0.2) is 11.5 Å². The van der Waals surface area contributed by atoms with Crippen LogP contribution in [0.15, 0.2) is 36.4 Å². The van der Waals surface area contributed by atoms with Gasteiger partial charge in [0.25, 0.3) is 0 Å². The van der Waals surface area contributed by atoms with Crippen molar-refractivity contribution in [3.8, 4) is 11.5 Å². The second-order valence-corrected chi connectivity index (χ2v) is 8.46. The molecule has 182 valence electrons. The Morgan fingerprint density at radius 1 is 1.00 bits per heavy atom. The highest BCUT2D eigenvalue weighted by molar-refractivity contribution is 6.39. The summed E-state index contributed by atoms with van der Waals surface area (Å²) < 4.78 is 16.0. The highest BCUT2D eigenvalue weighted by atomic mass is 16.5. The lowest BCUT2D eigenvalue weighted by molar-refractivity contribution is -0.136. The molecule has 0 aromatic heterocycles. The minimum Gasteiger partial charge on any atom is -0.493 e. The van der Waals surface area contributed by atoms with Crippen molar-refractivity contribution in [2.24, 2.45) is 0 Å². The first-order valence-electron chi connectivity index (χ1n) is 11.5. The van der Waals surface area contributed by atoms with Crippen LogP contribution in [0.3, 0.4) is 0 Å². The molecular weight excluding hydrogens is 436 g/mol. The number of rotatable bonds is 7. The van der Waals surface area contributed by atoms with Gasteiger partial charge in [-0.2, -0.15) is 0 Å². The van der Waals surface area contributed by atoms with E-state index >= 15 is 0 Å². The normalized spacial score (nSPS) is 16.5. The quantitative estimate of drug-likeness (QED) is 0.599. The first-order chi connectivity index (χ1) is 16.5. The molecule has 1 fully saturated rings. The number of carbonyl (C=O) groups excluding carboxylic acids is 2. The maximum atomic E-state index is 12.6. The van der Waals surface area contributed by atoms with Crippen LogP contribution in [0.2, 0.25) is 0 Å². The summed E-state index contributed by atoms with van der Waals surface area (Å²) in [6.45, 7) is 4.18. The van der Waals surface area contributed by atoms with Gasteiger partial charge >= 0.3 is 11.8 Å². The lowest BCUT2D eigenvalue weighted by Crippen LogP contribution is -2.45. The molecule has 2 aromatic carbocycles. The van der Waals surface area contributed by atoms with Crippen LogP contribution in [0.5, 0.6) is 11.5 Å². The minimum atomic E-state index is -0.733. The highest BCUT2D eigenvalue weighted by Gasteiger charge is 2.26. The molecule has 2 heterocycles. The van der Waals surface area contributed by atoms with Crippen molar-refractivity contribution in [2.75, 3.05) is 70.9 Å². The van der Waals surface area contributed by atoms with Gasteiger partial charge in [0.2, 0.25) is 0 Å². The smallest absolute Gasteiger partial charge is 0.313 e. The fourth-order valence-electron chi connectivity index (χ4n) is 4.51. The molecule has 9 nitrogen and oxygen atoms in total. The van der Waals surface area contributed by atoms with Crippen molar-refractivity contribution in [1.82, 2.24) is 10.2 Å². The molecule has 4 rings (SSSR count). The summed E-state index contributed by atoms with van der Waals surface area (Å²) in [6.07, 6.45) is 1.01. The summed E-state index contributed by atoms with van der Waals surface area (Å²) in [5, 5.41) is 5.45. The molecule has 0 unspecified atom stereocenters. The van der Waals surface area contributed by atoms with Crippen LogP contribution in [0.4, 0.5) is 11.4 Å². The third-order valence-corrected chi connectivity index (χ3v) is 6.41. The van der Waals surface area contributed by atoms with Crippen LogP contribution < -0.4 is 25.0 Å². The molecule has 1 atom stereocenters. The molecule has 2 N–H and O–H groups in total. The van der Waals surface area contributed by atoms with Gasteiger partial charge < -0.3 is 29.7 Å². The number of methoxy groups -OCH3 is 2. The monoisotopic (exact) mass is 468 g/mol. The number of hydrogen-bond donors (Lipinski definition) is 2. The van der Waals surface area contributed by atoms with Gasteiger partial charge in [-0.3, -0.25) is 14.5 Å². The molecule has 2 amide bonds. The van der Waals surface area contributed by atoms with E-state index in [1.165, 1.54) is 25.5 Å². The molecular formula is C25H32N4O5. The number of nitrogens with zero attached hydrogens (tertiary/aromatic N) is 2. The molecule has 34 heavy (non-hydrogen) atoms. The summed E-state index contributed by atoms with van der Waals surface area (Å²) in [4.78, 5) is 29.7. The van der Waals surface area contributed by atoms with Crippen LogP contribution in [0, 0.1) is 0 Å². The maximum absolute atomic E-state index is 12.6. The number of morpholine rings is 1. The van der Waals surface area contributed by atoms with Crippen molar-refractivity contribution in [1.29, 1.82) is 0 Å². The average molecular weight is 469 g/mol. The van der Waals surface area contributed by atoms with E-state index < -0.39 is 11.8 Å². The standard InChI is InChI=1S/C25H32N4O5/c1-28-9-8-18-14-17(4-6-20(18)28)21(29-10-12-34-13-11-29)16-26-24(30)25(31)27-19-5-7-22(32-2)23(15-19)33-3/h4-7,14-15,21H,8-13,16H2,1-3H3,(H,26,30)(H,27,31)/t21-/m0/s1. The molecule has 0 bridgehead atoms. The first kappa shape index (κ1) is 23.8. The van der Waals surface area contributed by atoms with E-state index in [0.29, 0.717) is 36.9 Å². The van der Waals surface area contributed by atoms with Crippen molar-refractivity contribution in [3.63, 3.8) is 0 Å². The second-order valence-electron chi connectivity index (χ2n) is 8.46. The Morgan fingerprint density at radius 2 is 1.76 bits per heavy atom. The molecule has 2 aliphatic heterocycles. The third-order valence-electron chi connectivity index (χ3n) is 6.41. The van der Waals surface area contributed by atoms with Crippen LogP contribution in [-0.4, -0.2) is 77.4 Å². The van der Waals surface area contributed by atoms with Crippen LogP contribution in [0.25, 0.3) is 0 Å². The Bertz CT molecular complexity index is 1040. The fraction of sp³-hybridized carbons (Fsp3) is 0.440. The summed E-state index contributed by atoms with van der Waals surface area (Å²) in [6, 6.07) is 11.4. The fourth-order valence-corrected chi connectivity index (χ4v) is 4.51. The van der Waals surface area contributed by atoms with Gasteiger partial charge in [0, 0.05) is 50.7 Å². The summed E-state index contributed by atoms with van der Waals surface area (Å²) in [7, 11) is 5.15. The van der Waals surface area contributed by atoms with Gasteiger partial charge in [0.1, 0.15) is 0 Å². The molecule has 1 saturated heterocycles. The molecule has 9 heteroatoms. The zero-order valence-corrected chi connectivity index (χ0v) is 19.9. The Hall–Kier alpha value is -3.30. The number of likely N-dealkylation sites (N-methyl/N-ethyl adjacent to an activating group) is 1. The van der Waals surface area contributed by atoms with Crippen molar-refractivity contribution >= 4 is 23.2 Å². The number of carbonyl (C=O) groups is 2. The van der Waals surface area contributed by atoms with E-state index in [0.717, 1.165) is 31.6 Å². The number of nitrogens with one attached hydrogen (secondary N) is 2. The zero-order valence-electron chi connectivity index (χ0n) is 19.9. The summed E-state index contributed by atoms with van der Waals surface area (Å²) in [5.74, 6) is -0.411. The SMILES string of the molecule is COc1ccc(NC(=O)C(=O)NC[C@@H](c2ccc3c(c2)CCN3C)N2CCOCC2)cc1OC. The lowest BCUT2D eigenvalue weighted by Gasteiger charge is -2.35. The van der Waals surface area contributed by atoms with Gasteiger partial charge in [-0.1, -0.05) is 12.1 Å². The summed E-state index contributed by atoms with van der Waals surface area (Å²) >= 11 is 0. The van der Waals surface area contributed by atoms with Crippen LogP contribution in [0.1, 0.15) is 17.2 Å². The van der Waals surface area contributed by atoms with E-state index in [2.05, 4.69) is 45.7 Å². The van der Waals surface area contributed by atoms with Gasteiger partial charge in [-0.25, -0.2) is 0 Å². The topological polar surface area (TPSA) is 92.4 Å². The van der Waals surface area contributed by atoms with Gasteiger partial charge in [0.05, 0.1) is 33.5 Å². The van der Waals surface area contributed by atoms with Gasteiger partial charge in [-0.05, 0) is 35.7 Å². The third kappa shape index (κ3) is 5.26. The first-order valence-corrected chi connectivity index (χ1v) is 11.5. The van der Waals surface area contributed by atoms with E-state index in [4.69, 9.17) is 14.2 Å². The Morgan fingerprint density at radius 3 is 2.50 bits per heavy atom. The maximum Gasteiger partial charge on any atom is 0.313 e. The van der Waals surface area contributed by atoms with Crippen LogP contribution >= 0.6 is 0 Å². The number of fused-ring (bicyclic) bond motifs is 1. The van der Waals surface area contributed by atoms with Crippen molar-refractivity contribution < 1.29 is 23.8 Å². The van der Waals surface area contributed by atoms with E-state index in [9.17, 15) is 9.59 Å². The van der Waals surface area contributed by atoms with E-state index in [1.807, 2.05) is 0 Å². The number of anilines is 2. The Balaban J connectivity index is 1.43. The number of ether oxygens (including phenoxy) is 3. The Labute approximate surface area is 200 Å².